The van der Waals surface area contributed by atoms with Gasteiger partial charge in [-0.15, -0.1) is 0 Å². The van der Waals surface area contributed by atoms with Crippen molar-refractivity contribution in [3.8, 4) is 11.5 Å². The highest BCUT2D eigenvalue weighted by Crippen LogP contribution is 2.27. The van der Waals surface area contributed by atoms with Crippen LogP contribution in [-0.4, -0.2) is 4.37 Å². The predicted molar refractivity (Wildman–Crippen MR) is 55.0 cm³/mol. The quantitative estimate of drug-likeness (QED) is 0.569. The van der Waals surface area contributed by atoms with Crippen molar-refractivity contribution in [2.75, 3.05) is 0 Å². The third-order valence-corrected chi connectivity index (χ3v) is 2.51. The Bertz CT molecular complexity index is 518. The van der Waals surface area contributed by atoms with Crippen LogP contribution in [-0.2, 0) is 0 Å². The summed E-state index contributed by atoms with van der Waals surface area (Å²) in [5, 5.41) is 1.04. The zero-order valence-electron chi connectivity index (χ0n) is 7.19. The second-order valence-corrected chi connectivity index (χ2v) is 3.51. The lowest BCUT2D eigenvalue weighted by Crippen LogP contribution is -1.81. The van der Waals surface area contributed by atoms with E-state index in [-0.39, 0.29) is 0 Å². The number of aromatic nitrogens is 1. The molecule has 0 saturated carbocycles. The molecule has 0 saturated heterocycles. The first kappa shape index (κ1) is 7.70. The van der Waals surface area contributed by atoms with Crippen LogP contribution in [0.15, 0.2) is 44.8 Å². The van der Waals surface area contributed by atoms with Gasteiger partial charge in [0.2, 0.25) is 0 Å². The van der Waals surface area contributed by atoms with E-state index in [4.69, 9.17) is 8.27 Å². The number of hydrogen-bond acceptors (Lipinski definition) is 3. The molecule has 3 nitrogen and oxygen atoms in total. The van der Waals surface area contributed by atoms with Gasteiger partial charge in [0.15, 0.2) is 11.5 Å². The summed E-state index contributed by atoms with van der Waals surface area (Å²) >= 11 is 1.18. The van der Waals surface area contributed by atoms with Gasteiger partial charge in [-0.3, -0.25) is 4.37 Å². The van der Waals surface area contributed by atoms with E-state index in [0.29, 0.717) is 0 Å². The van der Waals surface area contributed by atoms with Crippen LogP contribution in [0.25, 0.3) is 22.5 Å². The fourth-order valence-corrected chi connectivity index (χ4v) is 1.81. The number of H-pyrrole nitrogens is 1. The fourth-order valence-electron chi connectivity index (χ4n) is 1.39. The zero-order chi connectivity index (χ0) is 9.38. The minimum absolute atomic E-state index is 0.724. The van der Waals surface area contributed by atoms with Crippen LogP contribution in [0.2, 0.25) is 0 Å². The molecular formula is C10H7NO2S. The van der Waals surface area contributed by atoms with Crippen LogP contribution >= 0.6 is 11.8 Å². The maximum atomic E-state index is 5.63. The van der Waals surface area contributed by atoms with Crippen molar-refractivity contribution in [2.45, 2.75) is 0 Å². The van der Waals surface area contributed by atoms with Crippen LogP contribution in [0.1, 0.15) is 0 Å². The Kier molecular flexibility index (Phi) is 1.61. The molecule has 2 heterocycles. The van der Waals surface area contributed by atoms with E-state index >= 15 is 0 Å². The standard InChI is InChI=1S/C10H7NO2S/c1-2-4-8-7(3-1)5-9-10(12-8)6-11-14-13-9/h1-6,11H. The second kappa shape index (κ2) is 2.92. The first-order valence-corrected chi connectivity index (χ1v) is 4.96. The first-order valence-electron chi connectivity index (χ1n) is 4.22. The summed E-state index contributed by atoms with van der Waals surface area (Å²) in [5.74, 6) is 1.48. The zero-order valence-corrected chi connectivity index (χ0v) is 8.01. The molecule has 0 aromatic heterocycles. The number of benzene rings is 1. The van der Waals surface area contributed by atoms with Crippen LogP contribution in [0.5, 0.6) is 0 Å². The van der Waals surface area contributed by atoms with E-state index in [1.54, 1.807) is 6.20 Å². The van der Waals surface area contributed by atoms with E-state index in [1.807, 2.05) is 30.3 Å². The smallest absolute Gasteiger partial charge is 0.190 e. The van der Waals surface area contributed by atoms with E-state index < -0.39 is 0 Å². The molecule has 1 aromatic carbocycles. The molecule has 0 fully saturated rings. The van der Waals surface area contributed by atoms with Gasteiger partial charge in [-0.05, 0) is 12.1 Å². The van der Waals surface area contributed by atoms with E-state index in [2.05, 4.69) is 4.37 Å². The van der Waals surface area contributed by atoms with Gasteiger partial charge in [0, 0.05) is 5.39 Å². The molecule has 0 radical (unpaired) electrons. The Morgan fingerprint density at radius 1 is 1.14 bits per heavy atom. The molecule has 70 valence electrons. The Hall–Kier alpha value is -1.68. The molecule has 4 heteroatoms. The summed E-state index contributed by atoms with van der Waals surface area (Å²) in [4.78, 5) is 0. The SMILES string of the molecule is c1ccc2oc3c[nH]soc-3cc2c1. The Morgan fingerprint density at radius 3 is 3.07 bits per heavy atom. The molecule has 14 heavy (non-hydrogen) atoms. The normalized spacial score (nSPS) is 10.9. The summed E-state index contributed by atoms with van der Waals surface area (Å²) in [7, 11) is 0. The van der Waals surface area contributed by atoms with Crippen molar-refractivity contribution in [3.63, 3.8) is 0 Å². The molecular weight excluding hydrogens is 198 g/mol. The number of fused-ring (bicyclic) bond motifs is 2. The summed E-state index contributed by atoms with van der Waals surface area (Å²) in [6.07, 6.45) is 1.79. The number of hydrogen-bond donors (Lipinski definition) is 1. The molecule has 1 aromatic rings. The van der Waals surface area contributed by atoms with Gasteiger partial charge in [0.1, 0.15) is 17.4 Å². The maximum absolute atomic E-state index is 5.63. The molecule has 0 spiro atoms. The van der Waals surface area contributed by atoms with Crippen LogP contribution in [0.3, 0.4) is 0 Å². The summed E-state index contributed by atoms with van der Waals surface area (Å²) in [6, 6.07) is 9.82. The molecule has 2 aliphatic heterocycles. The molecule has 0 bridgehead atoms. The largest absolute Gasteiger partial charge is 0.451 e. The monoisotopic (exact) mass is 205 g/mol. The van der Waals surface area contributed by atoms with Crippen LogP contribution < -0.4 is 0 Å². The van der Waals surface area contributed by atoms with Crippen molar-refractivity contribution in [2.24, 2.45) is 0 Å². The van der Waals surface area contributed by atoms with Crippen molar-refractivity contribution < 1.29 is 8.27 Å². The molecule has 0 atom stereocenters. The average Bonchev–Trinajstić information content (AvgIpc) is 2.26. The number of para-hydroxylation sites is 1. The van der Waals surface area contributed by atoms with Gasteiger partial charge in [-0.1, -0.05) is 18.2 Å². The van der Waals surface area contributed by atoms with Crippen molar-refractivity contribution in [1.82, 2.24) is 4.37 Å². The van der Waals surface area contributed by atoms with Gasteiger partial charge in [0.05, 0.1) is 6.20 Å². The molecule has 0 unspecified atom stereocenters. The van der Waals surface area contributed by atoms with Crippen LogP contribution in [0, 0.1) is 0 Å². The van der Waals surface area contributed by atoms with Gasteiger partial charge >= 0.3 is 0 Å². The molecule has 1 N–H and O–H groups in total. The molecule has 2 aliphatic rings. The fraction of sp³-hybridized carbons (Fsp3) is 0. The Balaban J connectivity index is 2.48. The minimum Gasteiger partial charge on any atom is -0.451 e. The highest BCUT2D eigenvalue weighted by atomic mass is 32.1. The Morgan fingerprint density at radius 2 is 2.07 bits per heavy atom. The van der Waals surface area contributed by atoms with Gasteiger partial charge in [0.25, 0.3) is 0 Å². The second-order valence-electron chi connectivity index (χ2n) is 2.94. The number of rotatable bonds is 0. The summed E-state index contributed by atoms with van der Waals surface area (Å²) < 4.78 is 13.8. The third-order valence-electron chi connectivity index (χ3n) is 2.04. The lowest BCUT2D eigenvalue weighted by molar-refractivity contribution is 0.573. The van der Waals surface area contributed by atoms with Crippen molar-refractivity contribution >= 4 is 22.8 Å². The average molecular weight is 205 g/mol. The number of aromatic amines is 1. The molecule has 3 rings (SSSR count). The lowest BCUT2D eigenvalue weighted by atomic mass is 10.2. The lowest BCUT2D eigenvalue weighted by Gasteiger charge is -2.03. The molecule has 0 aliphatic carbocycles. The van der Waals surface area contributed by atoms with E-state index in [1.165, 1.54) is 11.8 Å². The number of nitrogens with one attached hydrogen (secondary N) is 1. The van der Waals surface area contributed by atoms with Gasteiger partial charge in [-0.2, -0.15) is 0 Å². The Labute approximate surface area is 84.0 Å². The van der Waals surface area contributed by atoms with Gasteiger partial charge in [-0.25, -0.2) is 0 Å². The third kappa shape index (κ3) is 1.12. The van der Waals surface area contributed by atoms with E-state index in [9.17, 15) is 0 Å². The highest BCUT2D eigenvalue weighted by Gasteiger charge is 2.07. The van der Waals surface area contributed by atoms with Crippen molar-refractivity contribution in [3.05, 3.63) is 36.5 Å². The topological polar surface area (TPSA) is 42.1 Å². The van der Waals surface area contributed by atoms with Crippen LogP contribution in [0.4, 0.5) is 0 Å². The minimum atomic E-state index is 0.724. The highest BCUT2D eigenvalue weighted by molar-refractivity contribution is 6.96. The summed E-state index contributed by atoms with van der Waals surface area (Å²) in [5.41, 5.74) is 0.861. The molecule has 0 amide bonds. The first-order chi connectivity index (χ1) is 6.93. The van der Waals surface area contributed by atoms with Crippen molar-refractivity contribution in [1.29, 1.82) is 0 Å². The van der Waals surface area contributed by atoms with Gasteiger partial charge < -0.3 is 8.27 Å². The summed E-state index contributed by atoms with van der Waals surface area (Å²) in [6.45, 7) is 0. The maximum Gasteiger partial charge on any atom is 0.190 e. The predicted octanol–water partition coefficient (Wildman–Crippen LogP) is 3.64. The van der Waals surface area contributed by atoms with E-state index in [0.717, 1.165) is 22.5 Å².